The standard InChI is InChI=1S/C15H11ClO2S/c1-8-6-7-9(16)15-12(8)14(17)13-10(18-2)4-3-5-11(13)19-15/h3-7H,1-2H3. The number of rotatable bonds is 1. The van der Waals surface area contributed by atoms with E-state index in [4.69, 9.17) is 16.3 Å². The summed E-state index contributed by atoms with van der Waals surface area (Å²) in [5.74, 6) is 0.611. The molecular formula is C15H11ClO2S. The SMILES string of the molecule is COc1cccc2sc3c(Cl)ccc(C)c3c(=O)c12. The number of hydrogen-bond acceptors (Lipinski definition) is 3. The highest BCUT2D eigenvalue weighted by Gasteiger charge is 2.13. The van der Waals surface area contributed by atoms with Crippen LogP contribution in [0.5, 0.6) is 5.75 Å². The van der Waals surface area contributed by atoms with Crippen molar-refractivity contribution < 1.29 is 4.74 Å². The summed E-state index contributed by atoms with van der Waals surface area (Å²) in [5.41, 5.74) is 0.926. The molecular weight excluding hydrogens is 280 g/mol. The molecule has 0 amide bonds. The monoisotopic (exact) mass is 290 g/mol. The molecule has 2 nitrogen and oxygen atoms in total. The summed E-state index contributed by atoms with van der Waals surface area (Å²) in [6, 6.07) is 9.32. The highest BCUT2D eigenvalue weighted by Crippen LogP contribution is 2.34. The average molecular weight is 291 g/mol. The molecule has 0 spiro atoms. The van der Waals surface area contributed by atoms with E-state index in [0.29, 0.717) is 21.5 Å². The van der Waals surface area contributed by atoms with Gasteiger partial charge >= 0.3 is 0 Å². The zero-order valence-electron chi connectivity index (χ0n) is 10.5. The Morgan fingerprint density at radius 1 is 1.16 bits per heavy atom. The number of hydrogen-bond donors (Lipinski definition) is 0. The van der Waals surface area contributed by atoms with E-state index in [0.717, 1.165) is 15.0 Å². The normalized spacial score (nSPS) is 11.1. The fourth-order valence-corrected chi connectivity index (χ4v) is 3.72. The van der Waals surface area contributed by atoms with Gasteiger partial charge in [-0.05, 0) is 30.7 Å². The van der Waals surface area contributed by atoms with Crippen LogP contribution in [0.15, 0.2) is 35.1 Å². The van der Waals surface area contributed by atoms with Gasteiger partial charge in [0.15, 0.2) is 5.43 Å². The average Bonchev–Trinajstić information content (AvgIpc) is 2.42. The molecule has 2 aromatic carbocycles. The number of benzene rings is 2. The number of aryl methyl sites for hydroxylation is 1. The largest absolute Gasteiger partial charge is 0.496 e. The van der Waals surface area contributed by atoms with E-state index in [9.17, 15) is 4.79 Å². The lowest BCUT2D eigenvalue weighted by atomic mass is 10.1. The summed E-state index contributed by atoms with van der Waals surface area (Å²) >= 11 is 7.74. The molecule has 1 aromatic heterocycles. The molecule has 0 saturated heterocycles. The van der Waals surface area contributed by atoms with Crippen LogP contribution in [0, 0.1) is 6.92 Å². The fraction of sp³-hybridized carbons (Fsp3) is 0.133. The molecule has 19 heavy (non-hydrogen) atoms. The van der Waals surface area contributed by atoms with Crippen LogP contribution in [0.2, 0.25) is 5.02 Å². The van der Waals surface area contributed by atoms with Gasteiger partial charge in [-0.25, -0.2) is 0 Å². The van der Waals surface area contributed by atoms with Crippen molar-refractivity contribution in [3.8, 4) is 5.75 Å². The minimum absolute atomic E-state index is 0.0128. The van der Waals surface area contributed by atoms with Gasteiger partial charge in [0.25, 0.3) is 0 Å². The quantitative estimate of drug-likeness (QED) is 0.622. The highest BCUT2D eigenvalue weighted by atomic mass is 35.5. The van der Waals surface area contributed by atoms with Gasteiger partial charge in [0.1, 0.15) is 5.75 Å². The van der Waals surface area contributed by atoms with Crippen molar-refractivity contribution >= 4 is 43.1 Å². The van der Waals surface area contributed by atoms with Gasteiger partial charge in [0.2, 0.25) is 0 Å². The molecule has 0 atom stereocenters. The van der Waals surface area contributed by atoms with Crippen molar-refractivity contribution in [3.05, 3.63) is 51.1 Å². The number of ether oxygens (including phenoxy) is 1. The van der Waals surface area contributed by atoms with Crippen LogP contribution in [-0.2, 0) is 0 Å². The van der Waals surface area contributed by atoms with Gasteiger partial charge in [0.05, 0.1) is 22.2 Å². The van der Waals surface area contributed by atoms with E-state index in [-0.39, 0.29) is 5.43 Å². The predicted molar refractivity (Wildman–Crippen MR) is 81.9 cm³/mol. The third-order valence-electron chi connectivity index (χ3n) is 3.19. The van der Waals surface area contributed by atoms with Gasteiger partial charge in [-0.2, -0.15) is 0 Å². The summed E-state index contributed by atoms with van der Waals surface area (Å²) in [6.07, 6.45) is 0. The van der Waals surface area contributed by atoms with E-state index in [1.165, 1.54) is 11.3 Å². The Hall–Kier alpha value is -1.58. The lowest BCUT2D eigenvalue weighted by molar-refractivity contribution is 0.419. The van der Waals surface area contributed by atoms with Gasteiger partial charge in [-0.1, -0.05) is 23.7 Å². The van der Waals surface area contributed by atoms with Crippen LogP contribution < -0.4 is 10.2 Å². The topological polar surface area (TPSA) is 26.3 Å². The summed E-state index contributed by atoms with van der Waals surface area (Å²) in [4.78, 5) is 12.7. The first kappa shape index (κ1) is 12.5. The third-order valence-corrected chi connectivity index (χ3v) is 4.81. The summed E-state index contributed by atoms with van der Waals surface area (Å²) < 4.78 is 7.03. The molecule has 0 radical (unpaired) electrons. The van der Waals surface area contributed by atoms with E-state index in [1.807, 2.05) is 37.3 Å². The molecule has 3 rings (SSSR count). The minimum Gasteiger partial charge on any atom is -0.496 e. The molecule has 0 aliphatic carbocycles. The second-order valence-electron chi connectivity index (χ2n) is 4.33. The van der Waals surface area contributed by atoms with Gasteiger partial charge in [0, 0.05) is 10.1 Å². The molecule has 0 bridgehead atoms. The first-order chi connectivity index (χ1) is 9.13. The van der Waals surface area contributed by atoms with Crippen LogP contribution in [-0.4, -0.2) is 7.11 Å². The molecule has 0 aliphatic heterocycles. The maximum atomic E-state index is 12.7. The van der Waals surface area contributed by atoms with Crippen molar-refractivity contribution in [1.29, 1.82) is 0 Å². The van der Waals surface area contributed by atoms with Crippen LogP contribution >= 0.6 is 22.9 Å². The van der Waals surface area contributed by atoms with E-state index < -0.39 is 0 Å². The van der Waals surface area contributed by atoms with Crippen molar-refractivity contribution in [2.24, 2.45) is 0 Å². The Balaban J connectivity index is 2.65. The minimum atomic E-state index is -0.0128. The van der Waals surface area contributed by atoms with E-state index in [2.05, 4.69) is 0 Å². The predicted octanol–water partition coefficient (Wildman–Crippen LogP) is 4.39. The van der Waals surface area contributed by atoms with Crippen molar-refractivity contribution in [3.63, 3.8) is 0 Å². The molecule has 96 valence electrons. The summed E-state index contributed by atoms with van der Waals surface area (Å²) in [7, 11) is 1.58. The van der Waals surface area contributed by atoms with Crippen LogP contribution in [0.3, 0.4) is 0 Å². The third kappa shape index (κ3) is 1.81. The molecule has 1 heterocycles. The first-order valence-corrected chi connectivity index (χ1v) is 7.01. The summed E-state index contributed by atoms with van der Waals surface area (Å²) in [5, 5.41) is 1.94. The molecule has 3 aromatic rings. The van der Waals surface area contributed by atoms with Crippen molar-refractivity contribution in [2.75, 3.05) is 7.11 Å². The molecule has 0 unspecified atom stereocenters. The Kier molecular flexibility index (Phi) is 2.96. The molecule has 0 N–H and O–H groups in total. The Bertz CT molecular complexity index is 852. The van der Waals surface area contributed by atoms with Gasteiger partial charge in [-0.15, -0.1) is 11.3 Å². The second kappa shape index (κ2) is 4.51. The molecule has 4 heteroatoms. The van der Waals surface area contributed by atoms with Crippen molar-refractivity contribution in [2.45, 2.75) is 6.92 Å². The Morgan fingerprint density at radius 2 is 1.95 bits per heavy atom. The van der Waals surface area contributed by atoms with E-state index in [1.54, 1.807) is 7.11 Å². The zero-order chi connectivity index (χ0) is 13.6. The van der Waals surface area contributed by atoms with Gasteiger partial charge in [-0.3, -0.25) is 4.79 Å². The molecule has 0 fully saturated rings. The van der Waals surface area contributed by atoms with Crippen LogP contribution in [0.4, 0.5) is 0 Å². The van der Waals surface area contributed by atoms with Crippen molar-refractivity contribution in [1.82, 2.24) is 0 Å². The van der Waals surface area contributed by atoms with Crippen LogP contribution in [0.25, 0.3) is 20.2 Å². The summed E-state index contributed by atoms with van der Waals surface area (Å²) in [6.45, 7) is 1.92. The number of methoxy groups -OCH3 is 1. The van der Waals surface area contributed by atoms with E-state index >= 15 is 0 Å². The maximum absolute atomic E-state index is 12.7. The highest BCUT2D eigenvalue weighted by molar-refractivity contribution is 7.25. The second-order valence-corrected chi connectivity index (χ2v) is 5.79. The number of fused-ring (bicyclic) bond motifs is 2. The lowest BCUT2D eigenvalue weighted by Gasteiger charge is -2.08. The first-order valence-electron chi connectivity index (χ1n) is 5.82. The maximum Gasteiger partial charge on any atom is 0.199 e. The Morgan fingerprint density at radius 3 is 2.68 bits per heavy atom. The zero-order valence-corrected chi connectivity index (χ0v) is 12.1. The Labute approximate surface area is 119 Å². The smallest absolute Gasteiger partial charge is 0.199 e. The molecule has 0 saturated carbocycles. The lowest BCUT2D eigenvalue weighted by Crippen LogP contribution is -2.04. The fourth-order valence-electron chi connectivity index (χ4n) is 2.26. The van der Waals surface area contributed by atoms with Gasteiger partial charge < -0.3 is 4.74 Å². The number of halogens is 1. The molecule has 0 aliphatic rings. The van der Waals surface area contributed by atoms with Crippen LogP contribution in [0.1, 0.15) is 5.56 Å².